The first-order valence-corrected chi connectivity index (χ1v) is 7.04. The summed E-state index contributed by atoms with van der Waals surface area (Å²) in [5, 5.41) is 12.7. The van der Waals surface area contributed by atoms with E-state index < -0.39 is 15.8 Å². The van der Waals surface area contributed by atoms with E-state index in [1.54, 1.807) is 6.92 Å². The summed E-state index contributed by atoms with van der Waals surface area (Å²) in [6.07, 6.45) is 1.25. The van der Waals surface area contributed by atoms with Gasteiger partial charge < -0.3 is 0 Å². The van der Waals surface area contributed by atoms with Crippen molar-refractivity contribution in [2.24, 2.45) is 7.05 Å². The molecule has 1 aromatic carbocycles. The highest BCUT2D eigenvalue weighted by molar-refractivity contribution is 7.92. The third-order valence-corrected chi connectivity index (χ3v) is 4.21. The number of nitriles is 1. The predicted molar refractivity (Wildman–Crippen MR) is 69.9 cm³/mol. The Morgan fingerprint density at radius 1 is 1.45 bits per heavy atom. The van der Waals surface area contributed by atoms with E-state index in [0.29, 0.717) is 5.56 Å². The van der Waals surface area contributed by atoms with Crippen LogP contribution in [0.2, 0.25) is 0 Å². The summed E-state index contributed by atoms with van der Waals surface area (Å²) in [6, 6.07) is 5.32. The first kappa shape index (κ1) is 14.0. The molecule has 0 aliphatic carbocycles. The van der Waals surface area contributed by atoms with Gasteiger partial charge in [-0.3, -0.25) is 9.40 Å². The highest BCUT2D eigenvalue weighted by Gasteiger charge is 2.21. The molecule has 20 heavy (non-hydrogen) atoms. The van der Waals surface area contributed by atoms with Gasteiger partial charge in [0.2, 0.25) is 0 Å². The lowest BCUT2D eigenvalue weighted by Gasteiger charge is -2.10. The molecule has 0 saturated heterocycles. The van der Waals surface area contributed by atoms with Gasteiger partial charge in [0, 0.05) is 7.05 Å². The molecule has 8 heteroatoms. The maximum atomic E-state index is 13.2. The largest absolute Gasteiger partial charge is 0.263 e. The lowest BCUT2D eigenvalue weighted by Crippen LogP contribution is -2.17. The van der Waals surface area contributed by atoms with Crippen molar-refractivity contribution in [3.63, 3.8) is 0 Å². The van der Waals surface area contributed by atoms with Crippen LogP contribution in [0.25, 0.3) is 0 Å². The quantitative estimate of drug-likeness (QED) is 0.930. The monoisotopic (exact) mass is 294 g/mol. The van der Waals surface area contributed by atoms with Crippen LogP contribution < -0.4 is 4.72 Å². The van der Waals surface area contributed by atoms with Crippen LogP contribution in [0.4, 0.5) is 10.2 Å². The summed E-state index contributed by atoms with van der Waals surface area (Å²) < 4.78 is 41.2. The molecule has 0 amide bonds. The fourth-order valence-electron chi connectivity index (χ4n) is 1.69. The zero-order valence-corrected chi connectivity index (χ0v) is 11.6. The molecule has 1 aromatic heterocycles. The number of aryl methyl sites for hydroxylation is 2. The van der Waals surface area contributed by atoms with E-state index in [1.165, 1.54) is 30.1 Å². The van der Waals surface area contributed by atoms with Crippen LogP contribution in [0.1, 0.15) is 11.1 Å². The maximum absolute atomic E-state index is 13.2. The smallest absolute Gasteiger partial charge is 0.262 e. The number of halogens is 1. The van der Waals surface area contributed by atoms with Gasteiger partial charge >= 0.3 is 0 Å². The number of aromatic nitrogens is 2. The third-order valence-electron chi connectivity index (χ3n) is 2.73. The molecule has 0 atom stereocenters. The topological polar surface area (TPSA) is 87.8 Å². The van der Waals surface area contributed by atoms with Crippen molar-refractivity contribution in [3.8, 4) is 6.07 Å². The molecule has 0 aliphatic heterocycles. The predicted octanol–water partition coefficient (Wildman–Crippen LogP) is 1.54. The van der Waals surface area contributed by atoms with Gasteiger partial charge in [-0.15, -0.1) is 0 Å². The Morgan fingerprint density at radius 2 is 2.15 bits per heavy atom. The van der Waals surface area contributed by atoms with Crippen molar-refractivity contribution in [2.45, 2.75) is 11.8 Å². The Morgan fingerprint density at radius 3 is 2.80 bits per heavy atom. The van der Waals surface area contributed by atoms with Gasteiger partial charge in [-0.1, -0.05) is 6.07 Å². The lowest BCUT2D eigenvalue weighted by molar-refractivity contribution is 0.593. The van der Waals surface area contributed by atoms with Crippen LogP contribution in [-0.2, 0) is 17.1 Å². The summed E-state index contributed by atoms with van der Waals surface area (Å²) in [5.74, 6) is -0.613. The van der Waals surface area contributed by atoms with E-state index in [2.05, 4.69) is 9.82 Å². The normalized spacial score (nSPS) is 11.1. The Labute approximate surface area is 115 Å². The average Bonchev–Trinajstić information content (AvgIpc) is 2.73. The van der Waals surface area contributed by atoms with Crippen LogP contribution in [0.5, 0.6) is 0 Å². The second kappa shape index (κ2) is 4.94. The summed E-state index contributed by atoms with van der Waals surface area (Å²) in [4.78, 5) is -0.178. The Kier molecular flexibility index (Phi) is 3.46. The van der Waals surface area contributed by atoms with Gasteiger partial charge in [-0.25, -0.2) is 12.8 Å². The van der Waals surface area contributed by atoms with Crippen molar-refractivity contribution >= 4 is 15.8 Å². The van der Waals surface area contributed by atoms with Crippen LogP contribution in [-0.4, -0.2) is 18.2 Å². The first-order chi connectivity index (χ1) is 9.35. The Hall–Kier alpha value is -2.40. The van der Waals surface area contributed by atoms with Gasteiger partial charge in [-0.05, 0) is 24.6 Å². The maximum Gasteiger partial charge on any atom is 0.263 e. The number of hydrogen-bond acceptors (Lipinski definition) is 4. The Bertz CT molecular complexity index is 805. The number of benzene rings is 1. The zero-order valence-electron chi connectivity index (χ0n) is 10.8. The summed E-state index contributed by atoms with van der Waals surface area (Å²) in [7, 11) is -2.50. The van der Waals surface area contributed by atoms with Crippen LogP contribution in [0.15, 0.2) is 29.3 Å². The molecular formula is C12H11FN4O2S. The molecule has 0 unspecified atom stereocenters. The fourth-order valence-corrected chi connectivity index (χ4v) is 3.05. The minimum absolute atomic E-state index is 0.0381. The summed E-state index contributed by atoms with van der Waals surface area (Å²) >= 11 is 0. The molecular weight excluding hydrogens is 283 g/mol. The van der Waals surface area contributed by atoms with Crippen molar-refractivity contribution in [3.05, 3.63) is 41.3 Å². The van der Waals surface area contributed by atoms with Crippen molar-refractivity contribution < 1.29 is 12.8 Å². The van der Waals surface area contributed by atoms with Crippen molar-refractivity contribution in [1.29, 1.82) is 5.26 Å². The van der Waals surface area contributed by atoms with Gasteiger partial charge in [0.1, 0.15) is 17.4 Å². The van der Waals surface area contributed by atoms with E-state index in [1.807, 2.05) is 6.07 Å². The number of nitrogens with one attached hydrogen (secondary N) is 1. The average molecular weight is 294 g/mol. The molecule has 0 bridgehead atoms. The molecule has 6 nitrogen and oxygen atoms in total. The third kappa shape index (κ3) is 2.48. The number of anilines is 1. The molecule has 0 fully saturated rings. The van der Waals surface area contributed by atoms with Crippen molar-refractivity contribution in [1.82, 2.24) is 9.78 Å². The second-order valence-electron chi connectivity index (χ2n) is 4.16. The molecule has 0 radical (unpaired) electrons. The minimum atomic E-state index is -3.99. The molecule has 1 N–H and O–H groups in total. The highest BCUT2D eigenvalue weighted by atomic mass is 32.2. The Balaban J connectivity index is 2.49. The standard InChI is InChI=1S/C12H11FN4O2S/c1-8-3-4-10(13)5-11(8)20(18,19)16-12-9(6-14)7-15-17(12)2/h3-5,7,16H,1-2H3. The molecule has 0 aliphatic rings. The molecule has 0 saturated carbocycles. The molecule has 1 heterocycles. The molecule has 2 aromatic rings. The van der Waals surface area contributed by atoms with Crippen LogP contribution in [0, 0.1) is 24.1 Å². The SMILES string of the molecule is Cc1ccc(F)cc1S(=O)(=O)Nc1c(C#N)cnn1C. The number of nitrogens with zero attached hydrogens (tertiary/aromatic N) is 3. The van der Waals surface area contributed by atoms with Crippen LogP contribution >= 0.6 is 0 Å². The van der Waals surface area contributed by atoms with E-state index >= 15 is 0 Å². The van der Waals surface area contributed by atoms with Gasteiger partial charge in [-0.2, -0.15) is 10.4 Å². The molecule has 0 spiro atoms. The highest BCUT2D eigenvalue weighted by Crippen LogP contribution is 2.21. The zero-order chi connectivity index (χ0) is 14.9. The molecule has 2 rings (SSSR count). The lowest BCUT2D eigenvalue weighted by atomic mass is 10.2. The van der Waals surface area contributed by atoms with E-state index in [9.17, 15) is 12.8 Å². The fraction of sp³-hybridized carbons (Fsp3) is 0.167. The number of sulfonamides is 1. The van der Waals surface area contributed by atoms with E-state index in [-0.39, 0.29) is 16.3 Å². The van der Waals surface area contributed by atoms with Gasteiger partial charge in [0.15, 0.2) is 5.82 Å². The van der Waals surface area contributed by atoms with E-state index in [4.69, 9.17) is 5.26 Å². The van der Waals surface area contributed by atoms with Gasteiger partial charge in [0.05, 0.1) is 11.1 Å². The number of hydrogen-bond donors (Lipinski definition) is 1. The second-order valence-corrected chi connectivity index (χ2v) is 5.81. The van der Waals surface area contributed by atoms with Gasteiger partial charge in [0.25, 0.3) is 10.0 Å². The molecule has 104 valence electrons. The van der Waals surface area contributed by atoms with E-state index in [0.717, 1.165) is 6.07 Å². The minimum Gasteiger partial charge on any atom is -0.262 e. The summed E-state index contributed by atoms with van der Waals surface area (Å²) in [6.45, 7) is 1.56. The summed E-state index contributed by atoms with van der Waals surface area (Å²) in [5.41, 5.74) is 0.490. The number of rotatable bonds is 3. The first-order valence-electron chi connectivity index (χ1n) is 5.56. The van der Waals surface area contributed by atoms with Crippen molar-refractivity contribution in [2.75, 3.05) is 4.72 Å². The van der Waals surface area contributed by atoms with Crippen LogP contribution in [0.3, 0.4) is 0 Å².